The molecule has 1 aromatic heterocycles. The van der Waals surface area contributed by atoms with Gasteiger partial charge in [0.15, 0.2) is 6.29 Å². The lowest BCUT2D eigenvalue weighted by atomic mass is 10.0. The monoisotopic (exact) mass is 225 g/mol. The van der Waals surface area contributed by atoms with Crippen molar-refractivity contribution in [3.8, 4) is 11.1 Å². The first kappa shape index (κ1) is 11.5. The van der Waals surface area contributed by atoms with Gasteiger partial charge in [0.1, 0.15) is 5.69 Å². The average Bonchev–Trinajstić information content (AvgIpc) is 2.40. The van der Waals surface area contributed by atoms with E-state index in [4.69, 9.17) is 0 Å². The molecule has 86 valence electrons. The summed E-state index contributed by atoms with van der Waals surface area (Å²) >= 11 is 0. The fourth-order valence-corrected chi connectivity index (χ4v) is 1.80. The summed E-state index contributed by atoms with van der Waals surface area (Å²) in [6, 6.07) is 12.2. The predicted octanol–water partition coefficient (Wildman–Crippen LogP) is 3.51. The summed E-state index contributed by atoms with van der Waals surface area (Å²) in [5.41, 5.74) is 4.00. The van der Waals surface area contributed by atoms with Gasteiger partial charge in [-0.25, -0.2) is 0 Å². The molecule has 2 nitrogen and oxygen atoms in total. The van der Waals surface area contributed by atoms with E-state index < -0.39 is 0 Å². The lowest BCUT2D eigenvalue weighted by Crippen LogP contribution is -1.87. The number of hydrogen-bond donors (Lipinski definition) is 0. The molecule has 0 aliphatic heterocycles. The quantitative estimate of drug-likeness (QED) is 0.745. The van der Waals surface area contributed by atoms with Crippen molar-refractivity contribution in [2.75, 3.05) is 0 Å². The van der Waals surface area contributed by atoms with Gasteiger partial charge in [0.25, 0.3) is 0 Å². The Morgan fingerprint density at radius 1 is 1.06 bits per heavy atom. The number of pyridine rings is 1. The average molecular weight is 225 g/mol. The lowest BCUT2D eigenvalue weighted by molar-refractivity contribution is 0.111. The number of carbonyl (C=O) groups is 1. The van der Waals surface area contributed by atoms with Gasteiger partial charge in [0.05, 0.1) is 0 Å². The van der Waals surface area contributed by atoms with Gasteiger partial charge in [-0.2, -0.15) is 0 Å². The molecule has 1 aromatic carbocycles. The fourth-order valence-electron chi connectivity index (χ4n) is 1.80. The highest BCUT2D eigenvalue weighted by molar-refractivity contribution is 5.73. The second-order valence-corrected chi connectivity index (χ2v) is 4.04. The van der Waals surface area contributed by atoms with Crippen LogP contribution >= 0.6 is 0 Å². The van der Waals surface area contributed by atoms with Gasteiger partial charge in [0, 0.05) is 11.8 Å². The van der Waals surface area contributed by atoms with Crippen molar-refractivity contribution in [1.29, 1.82) is 0 Å². The molecule has 0 spiro atoms. The maximum Gasteiger partial charge on any atom is 0.168 e. The van der Waals surface area contributed by atoms with E-state index in [1.165, 1.54) is 5.56 Å². The second kappa shape index (κ2) is 5.39. The molecule has 0 fully saturated rings. The van der Waals surface area contributed by atoms with Crippen LogP contribution in [0.5, 0.6) is 0 Å². The van der Waals surface area contributed by atoms with Crippen LogP contribution in [0, 0.1) is 0 Å². The van der Waals surface area contributed by atoms with E-state index >= 15 is 0 Å². The molecule has 0 aliphatic carbocycles. The van der Waals surface area contributed by atoms with Crippen LogP contribution in [0.25, 0.3) is 11.1 Å². The van der Waals surface area contributed by atoms with Gasteiger partial charge in [-0.15, -0.1) is 0 Å². The van der Waals surface area contributed by atoms with Crippen molar-refractivity contribution in [2.45, 2.75) is 19.8 Å². The standard InChI is InChI=1S/C15H15NO/c1-2-3-12-4-6-13(7-5-12)14-8-9-15(11-17)16-10-14/h4-11H,2-3H2,1H3. The van der Waals surface area contributed by atoms with E-state index in [1.807, 2.05) is 6.07 Å². The maximum atomic E-state index is 10.5. The van der Waals surface area contributed by atoms with Crippen molar-refractivity contribution in [2.24, 2.45) is 0 Å². The molecule has 0 saturated heterocycles. The Labute approximate surface area is 101 Å². The highest BCUT2D eigenvalue weighted by Crippen LogP contribution is 2.19. The van der Waals surface area contributed by atoms with Gasteiger partial charge in [-0.3, -0.25) is 9.78 Å². The predicted molar refractivity (Wildman–Crippen MR) is 69.1 cm³/mol. The number of aryl methyl sites for hydroxylation is 1. The first-order valence-corrected chi connectivity index (χ1v) is 5.84. The number of benzene rings is 1. The van der Waals surface area contributed by atoms with E-state index in [9.17, 15) is 4.79 Å². The highest BCUT2D eigenvalue weighted by atomic mass is 16.1. The second-order valence-electron chi connectivity index (χ2n) is 4.04. The zero-order chi connectivity index (χ0) is 12.1. The van der Waals surface area contributed by atoms with Crippen LogP contribution in [0.2, 0.25) is 0 Å². The number of carbonyl (C=O) groups excluding carboxylic acids is 1. The molecule has 0 aliphatic rings. The smallest absolute Gasteiger partial charge is 0.168 e. The van der Waals surface area contributed by atoms with Crippen molar-refractivity contribution >= 4 is 6.29 Å². The summed E-state index contributed by atoms with van der Waals surface area (Å²) in [5.74, 6) is 0. The van der Waals surface area contributed by atoms with E-state index in [0.29, 0.717) is 5.69 Å². The molecule has 17 heavy (non-hydrogen) atoms. The highest BCUT2D eigenvalue weighted by Gasteiger charge is 1.99. The molecule has 0 bridgehead atoms. The number of nitrogens with zero attached hydrogens (tertiary/aromatic N) is 1. The molecule has 0 saturated carbocycles. The van der Waals surface area contributed by atoms with Crippen LogP contribution in [0.4, 0.5) is 0 Å². The normalized spacial score (nSPS) is 10.2. The van der Waals surface area contributed by atoms with E-state index in [1.54, 1.807) is 12.3 Å². The van der Waals surface area contributed by atoms with Crippen LogP contribution in [0.15, 0.2) is 42.6 Å². The Kier molecular flexibility index (Phi) is 3.66. The summed E-state index contributed by atoms with van der Waals surface area (Å²) in [4.78, 5) is 14.6. The summed E-state index contributed by atoms with van der Waals surface area (Å²) in [5, 5.41) is 0. The van der Waals surface area contributed by atoms with Crippen LogP contribution in [-0.2, 0) is 6.42 Å². The largest absolute Gasteiger partial charge is 0.296 e. The van der Waals surface area contributed by atoms with E-state index in [-0.39, 0.29) is 0 Å². The van der Waals surface area contributed by atoms with Crippen LogP contribution in [-0.4, -0.2) is 11.3 Å². The van der Waals surface area contributed by atoms with Crippen molar-refractivity contribution in [3.05, 3.63) is 53.9 Å². The van der Waals surface area contributed by atoms with Gasteiger partial charge in [0.2, 0.25) is 0 Å². The molecular formula is C15H15NO. The molecule has 2 rings (SSSR count). The topological polar surface area (TPSA) is 30.0 Å². The van der Waals surface area contributed by atoms with Crippen molar-refractivity contribution < 1.29 is 4.79 Å². The van der Waals surface area contributed by atoms with Gasteiger partial charge < -0.3 is 0 Å². The Hall–Kier alpha value is -1.96. The molecule has 0 unspecified atom stereocenters. The Morgan fingerprint density at radius 2 is 1.76 bits per heavy atom. The SMILES string of the molecule is CCCc1ccc(-c2ccc(C=O)nc2)cc1. The first-order valence-electron chi connectivity index (χ1n) is 5.84. The van der Waals surface area contributed by atoms with Crippen LogP contribution in [0.3, 0.4) is 0 Å². The summed E-state index contributed by atoms with van der Waals surface area (Å²) < 4.78 is 0. The molecule has 0 N–H and O–H groups in total. The minimum atomic E-state index is 0.469. The van der Waals surface area contributed by atoms with Crippen LogP contribution in [0.1, 0.15) is 29.4 Å². The summed E-state index contributed by atoms with van der Waals surface area (Å²) in [7, 11) is 0. The zero-order valence-corrected chi connectivity index (χ0v) is 9.89. The number of hydrogen-bond acceptors (Lipinski definition) is 2. The number of aromatic nitrogens is 1. The van der Waals surface area contributed by atoms with Gasteiger partial charge in [-0.05, 0) is 23.6 Å². The molecule has 0 atom stereocenters. The third-order valence-corrected chi connectivity index (χ3v) is 2.73. The third kappa shape index (κ3) is 2.78. The fraction of sp³-hybridized carbons (Fsp3) is 0.200. The first-order chi connectivity index (χ1) is 8.33. The Balaban J connectivity index is 2.23. The number of aldehydes is 1. The molecular weight excluding hydrogens is 210 g/mol. The lowest BCUT2D eigenvalue weighted by Gasteiger charge is -2.03. The summed E-state index contributed by atoms with van der Waals surface area (Å²) in [6.45, 7) is 2.18. The molecule has 0 amide bonds. The van der Waals surface area contributed by atoms with Crippen LogP contribution < -0.4 is 0 Å². The van der Waals surface area contributed by atoms with Gasteiger partial charge in [-0.1, -0.05) is 43.7 Å². The van der Waals surface area contributed by atoms with E-state index in [2.05, 4.69) is 36.2 Å². The number of rotatable bonds is 4. The van der Waals surface area contributed by atoms with Gasteiger partial charge >= 0.3 is 0 Å². The molecule has 2 aromatic rings. The van der Waals surface area contributed by atoms with Crippen molar-refractivity contribution in [1.82, 2.24) is 4.98 Å². The zero-order valence-electron chi connectivity index (χ0n) is 9.89. The minimum Gasteiger partial charge on any atom is -0.296 e. The third-order valence-electron chi connectivity index (χ3n) is 2.73. The summed E-state index contributed by atoms with van der Waals surface area (Å²) in [6.07, 6.45) is 4.77. The molecule has 0 radical (unpaired) electrons. The van der Waals surface area contributed by atoms with Crippen molar-refractivity contribution in [3.63, 3.8) is 0 Å². The molecule has 2 heteroatoms. The Bertz CT molecular complexity index is 485. The maximum absolute atomic E-state index is 10.5. The van der Waals surface area contributed by atoms with E-state index in [0.717, 1.165) is 30.3 Å². The minimum absolute atomic E-state index is 0.469. The molecule has 1 heterocycles. The Morgan fingerprint density at radius 3 is 2.29 bits per heavy atom.